The lowest BCUT2D eigenvalue weighted by atomic mass is 9.92. The Morgan fingerprint density at radius 2 is 1.76 bits per heavy atom. The van der Waals surface area contributed by atoms with Gasteiger partial charge in [0.15, 0.2) is 0 Å². The van der Waals surface area contributed by atoms with Crippen LogP contribution in [0.2, 0.25) is 0 Å². The number of hydrogen-bond acceptors (Lipinski definition) is 2. The maximum absolute atomic E-state index is 6.26. The van der Waals surface area contributed by atoms with Crippen LogP contribution < -0.4 is 5.32 Å². The fourth-order valence-corrected chi connectivity index (χ4v) is 2.91. The first kappa shape index (κ1) is 12.9. The van der Waals surface area contributed by atoms with Gasteiger partial charge in [-0.05, 0) is 31.2 Å². The molecule has 1 saturated carbocycles. The Morgan fingerprint density at radius 3 is 2.47 bits per heavy atom. The van der Waals surface area contributed by atoms with Gasteiger partial charge < -0.3 is 4.74 Å². The molecule has 0 aromatic heterocycles. The van der Waals surface area contributed by atoms with Crippen LogP contribution in [0.15, 0.2) is 30.3 Å². The Morgan fingerprint density at radius 1 is 1.06 bits per heavy atom. The maximum atomic E-state index is 6.26. The summed E-state index contributed by atoms with van der Waals surface area (Å²) in [6.07, 6.45) is 6.57. The van der Waals surface area contributed by atoms with E-state index in [4.69, 9.17) is 4.74 Å². The molecule has 2 fully saturated rings. The average Bonchev–Trinajstić information content (AvgIpc) is 2.75. The molecule has 1 aromatic rings. The number of halogens is 1. The van der Waals surface area contributed by atoms with E-state index in [-0.39, 0.29) is 24.2 Å². The number of nitrogens with one attached hydrogen (secondary N) is 1. The standard InChI is InChI=1S/C14H19NO.ClH/c1-3-7-12(8-4-1)13-11-15-14(16-13)9-5-2-6-10-14;/h1,3-4,7-8,13,15H,2,5-6,9-11H2;1H. The zero-order valence-electron chi connectivity index (χ0n) is 10.0. The van der Waals surface area contributed by atoms with Crippen molar-refractivity contribution in [1.29, 1.82) is 0 Å². The summed E-state index contributed by atoms with van der Waals surface area (Å²) in [6.45, 7) is 0.962. The minimum Gasteiger partial charge on any atom is -0.351 e. The van der Waals surface area contributed by atoms with E-state index >= 15 is 0 Å². The molecule has 2 aliphatic rings. The van der Waals surface area contributed by atoms with Crippen molar-refractivity contribution in [3.05, 3.63) is 35.9 Å². The first-order chi connectivity index (χ1) is 7.88. The van der Waals surface area contributed by atoms with Gasteiger partial charge in [0.1, 0.15) is 5.72 Å². The van der Waals surface area contributed by atoms with E-state index in [2.05, 4.69) is 35.6 Å². The molecular weight excluding hydrogens is 234 g/mol. The van der Waals surface area contributed by atoms with Crippen LogP contribution in [0.4, 0.5) is 0 Å². The number of hydrogen-bond donors (Lipinski definition) is 1. The minimum atomic E-state index is -0.00123. The quantitative estimate of drug-likeness (QED) is 0.828. The maximum Gasteiger partial charge on any atom is 0.120 e. The molecule has 3 heteroatoms. The van der Waals surface area contributed by atoms with E-state index in [0.29, 0.717) is 0 Å². The molecule has 1 unspecified atom stereocenters. The lowest BCUT2D eigenvalue weighted by molar-refractivity contribution is -0.0745. The lowest BCUT2D eigenvalue weighted by Gasteiger charge is -2.33. The predicted molar refractivity (Wildman–Crippen MR) is 71.3 cm³/mol. The molecule has 2 nitrogen and oxygen atoms in total. The molecule has 3 rings (SSSR count). The van der Waals surface area contributed by atoms with Crippen LogP contribution >= 0.6 is 12.4 Å². The summed E-state index contributed by atoms with van der Waals surface area (Å²) in [5.41, 5.74) is 1.30. The molecule has 0 amide bonds. The van der Waals surface area contributed by atoms with Gasteiger partial charge in [-0.3, -0.25) is 5.32 Å². The van der Waals surface area contributed by atoms with Gasteiger partial charge in [-0.1, -0.05) is 36.8 Å². The molecule has 1 aliphatic heterocycles. The van der Waals surface area contributed by atoms with Gasteiger partial charge in [0.05, 0.1) is 6.10 Å². The van der Waals surface area contributed by atoms with Crippen molar-refractivity contribution < 1.29 is 4.74 Å². The summed E-state index contributed by atoms with van der Waals surface area (Å²) in [7, 11) is 0. The molecule has 1 spiro atoms. The molecule has 1 saturated heterocycles. The van der Waals surface area contributed by atoms with E-state index in [1.54, 1.807) is 0 Å². The van der Waals surface area contributed by atoms with Gasteiger partial charge in [-0.25, -0.2) is 0 Å². The topological polar surface area (TPSA) is 21.3 Å². The second kappa shape index (κ2) is 5.38. The average molecular weight is 254 g/mol. The van der Waals surface area contributed by atoms with Gasteiger partial charge in [0.25, 0.3) is 0 Å². The Hall–Kier alpha value is -0.570. The lowest BCUT2D eigenvalue weighted by Crippen LogP contribution is -2.42. The largest absolute Gasteiger partial charge is 0.351 e. The van der Waals surface area contributed by atoms with E-state index in [1.165, 1.54) is 37.7 Å². The van der Waals surface area contributed by atoms with Crippen LogP contribution in [-0.2, 0) is 4.74 Å². The van der Waals surface area contributed by atoms with E-state index in [1.807, 2.05) is 0 Å². The molecule has 17 heavy (non-hydrogen) atoms. The molecule has 1 aromatic carbocycles. The molecule has 1 atom stereocenters. The third kappa shape index (κ3) is 2.65. The minimum absolute atomic E-state index is 0. The fourth-order valence-electron chi connectivity index (χ4n) is 2.91. The summed E-state index contributed by atoms with van der Waals surface area (Å²) < 4.78 is 6.26. The molecule has 0 bridgehead atoms. The van der Waals surface area contributed by atoms with E-state index in [9.17, 15) is 0 Å². The zero-order valence-corrected chi connectivity index (χ0v) is 10.8. The first-order valence-corrected chi connectivity index (χ1v) is 6.36. The Bertz CT molecular complexity index is 348. The fraction of sp³-hybridized carbons (Fsp3) is 0.571. The number of ether oxygens (including phenoxy) is 1. The monoisotopic (exact) mass is 253 g/mol. The van der Waals surface area contributed by atoms with Crippen molar-refractivity contribution in [2.24, 2.45) is 0 Å². The molecule has 94 valence electrons. The van der Waals surface area contributed by atoms with Gasteiger partial charge >= 0.3 is 0 Å². The highest BCUT2D eigenvalue weighted by Gasteiger charge is 2.40. The van der Waals surface area contributed by atoms with Crippen LogP contribution in [-0.4, -0.2) is 12.3 Å². The smallest absolute Gasteiger partial charge is 0.120 e. The first-order valence-electron chi connectivity index (χ1n) is 6.36. The van der Waals surface area contributed by atoms with Crippen molar-refractivity contribution in [2.45, 2.75) is 43.9 Å². The molecular formula is C14H20ClNO. The molecule has 1 aliphatic carbocycles. The third-order valence-corrected chi connectivity index (χ3v) is 3.81. The molecule has 1 heterocycles. The highest BCUT2D eigenvalue weighted by atomic mass is 35.5. The van der Waals surface area contributed by atoms with Crippen molar-refractivity contribution in [3.63, 3.8) is 0 Å². The number of benzene rings is 1. The molecule has 1 N–H and O–H groups in total. The van der Waals surface area contributed by atoms with E-state index < -0.39 is 0 Å². The normalized spacial score (nSPS) is 26.7. The van der Waals surface area contributed by atoms with Crippen molar-refractivity contribution in [1.82, 2.24) is 5.32 Å². The second-order valence-corrected chi connectivity index (χ2v) is 4.95. The Kier molecular flexibility index (Phi) is 4.08. The van der Waals surface area contributed by atoms with Crippen LogP contribution in [0.3, 0.4) is 0 Å². The van der Waals surface area contributed by atoms with Gasteiger partial charge in [0, 0.05) is 6.54 Å². The van der Waals surface area contributed by atoms with Crippen LogP contribution in [0.1, 0.15) is 43.8 Å². The van der Waals surface area contributed by atoms with Gasteiger partial charge in [-0.15, -0.1) is 12.4 Å². The predicted octanol–water partition coefficient (Wildman–Crippen LogP) is 3.43. The summed E-state index contributed by atoms with van der Waals surface area (Å²) >= 11 is 0. The number of rotatable bonds is 1. The second-order valence-electron chi connectivity index (χ2n) is 4.95. The van der Waals surface area contributed by atoms with E-state index in [0.717, 1.165) is 6.54 Å². The highest BCUT2D eigenvalue weighted by Crippen LogP contribution is 2.38. The van der Waals surface area contributed by atoms with Crippen molar-refractivity contribution in [3.8, 4) is 0 Å². The summed E-state index contributed by atoms with van der Waals surface area (Å²) in [5, 5.41) is 3.60. The SMILES string of the molecule is Cl.c1ccc(C2CNC3(CCCCC3)O2)cc1. The van der Waals surface area contributed by atoms with Crippen molar-refractivity contribution >= 4 is 12.4 Å². The summed E-state index contributed by atoms with van der Waals surface area (Å²) in [5.74, 6) is 0. The van der Waals surface area contributed by atoms with Crippen LogP contribution in [0.25, 0.3) is 0 Å². The highest BCUT2D eigenvalue weighted by molar-refractivity contribution is 5.85. The Labute approximate surface area is 109 Å². The summed E-state index contributed by atoms with van der Waals surface area (Å²) in [6, 6.07) is 10.6. The van der Waals surface area contributed by atoms with Crippen molar-refractivity contribution in [2.75, 3.05) is 6.54 Å². The third-order valence-electron chi connectivity index (χ3n) is 3.81. The van der Waals surface area contributed by atoms with Gasteiger partial charge in [-0.2, -0.15) is 0 Å². The zero-order chi connectivity index (χ0) is 10.8. The van der Waals surface area contributed by atoms with Crippen LogP contribution in [0, 0.1) is 0 Å². The van der Waals surface area contributed by atoms with Gasteiger partial charge in [0.2, 0.25) is 0 Å². The summed E-state index contributed by atoms with van der Waals surface area (Å²) in [4.78, 5) is 0. The molecule has 0 radical (unpaired) electrons. The Balaban J connectivity index is 0.00000108. The van der Waals surface area contributed by atoms with Crippen LogP contribution in [0.5, 0.6) is 0 Å².